The molecule has 31 heavy (non-hydrogen) atoms. The minimum Gasteiger partial charge on any atom is -0.456 e. The molecule has 0 aromatic heterocycles. The SMILES string of the molecule is CC(C)c1ccc(C(=O)COC(=O)CNC(=O)c2ccc3c(c2)OCO3)c(C(C)C)c1. The maximum absolute atomic E-state index is 12.6. The minimum absolute atomic E-state index is 0.111. The Hall–Kier alpha value is -3.35. The molecule has 0 bridgehead atoms. The summed E-state index contributed by atoms with van der Waals surface area (Å²) in [4.78, 5) is 36.9. The zero-order valence-electron chi connectivity index (χ0n) is 18.2. The molecular formula is C24H27NO6. The molecule has 0 aliphatic carbocycles. The first-order valence-corrected chi connectivity index (χ1v) is 10.3. The Balaban J connectivity index is 1.53. The van der Waals surface area contributed by atoms with Gasteiger partial charge in [0.25, 0.3) is 5.91 Å². The summed E-state index contributed by atoms with van der Waals surface area (Å²) in [5.74, 6) is 0.152. The lowest BCUT2D eigenvalue weighted by Crippen LogP contribution is -2.31. The van der Waals surface area contributed by atoms with Gasteiger partial charge in [-0.15, -0.1) is 0 Å². The van der Waals surface area contributed by atoms with E-state index in [1.165, 1.54) is 0 Å². The first-order valence-electron chi connectivity index (χ1n) is 10.3. The maximum Gasteiger partial charge on any atom is 0.325 e. The molecule has 2 aromatic carbocycles. The van der Waals surface area contributed by atoms with Crippen LogP contribution in [0.2, 0.25) is 0 Å². The van der Waals surface area contributed by atoms with Crippen LogP contribution in [0.5, 0.6) is 11.5 Å². The summed E-state index contributed by atoms with van der Waals surface area (Å²) in [7, 11) is 0. The van der Waals surface area contributed by atoms with Crippen molar-refractivity contribution < 1.29 is 28.6 Å². The topological polar surface area (TPSA) is 90.9 Å². The van der Waals surface area contributed by atoms with Crippen LogP contribution in [0.4, 0.5) is 0 Å². The monoisotopic (exact) mass is 425 g/mol. The fourth-order valence-corrected chi connectivity index (χ4v) is 3.24. The number of hydrogen-bond acceptors (Lipinski definition) is 6. The van der Waals surface area contributed by atoms with Crippen molar-refractivity contribution in [2.75, 3.05) is 19.9 Å². The van der Waals surface area contributed by atoms with E-state index in [0.717, 1.165) is 11.1 Å². The number of esters is 1. The van der Waals surface area contributed by atoms with Gasteiger partial charge in [0.05, 0.1) is 0 Å². The number of benzene rings is 2. The van der Waals surface area contributed by atoms with Gasteiger partial charge in [-0.05, 0) is 41.2 Å². The Morgan fingerprint density at radius 2 is 1.71 bits per heavy atom. The Morgan fingerprint density at radius 3 is 2.42 bits per heavy atom. The quantitative estimate of drug-likeness (QED) is 0.511. The molecule has 1 heterocycles. The Bertz CT molecular complexity index is 996. The smallest absolute Gasteiger partial charge is 0.325 e. The van der Waals surface area contributed by atoms with Crippen LogP contribution in [-0.2, 0) is 9.53 Å². The number of nitrogens with one attached hydrogen (secondary N) is 1. The predicted molar refractivity (Wildman–Crippen MR) is 115 cm³/mol. The number of amides is 1. The van der Waals surface area contributed by atoms with Crippen LogP contribution in [-0.4, -0.2) is 37.6 Å². The van der Waals surface area contributed by atoms with Gasteiger partial charge in [-0.2, -0.15) is 0 Å². The van der Waals surface area contributed by atoms with Crippen LogP contribution in [0.25, 0.3) is 0 Å². The van der Waals surface area contributed by atoms with Crippen LogP contribution in [0, 0.1) is 0 Å². The van der Waals surface area contributed by atoms with E-state index in [0.29, 0.717) is 28.5 Å². The molecular weight excluding hydrogens is 398 g/mol. The van der Waals surface area contributed by atoms with Crippen LogP contribution in [0.15, 0.2) is 36.4 Å². The molecule has 2 aromatic rings. The zero-order valence-corrected chi connectivity index (χ0v) is 18.2. The molecule has 0 saturated carbocycles. The first-order chi connectivity index (χ1) is 14.8. The third-order valence-corrected chi connectivity index (χ3v) is 5.06. The van der Waals surface area contributed by atoms with Crippen molar-refractivity contribution in [2.24, 2.45) is 0 Å². The van der Waals surface area contributed by atoms with E-state index in [-0.39, 0.29) is 31.6 Å². The summed E-state index contributed by atoms with van der Waals surface area (Å²) in [5, 5.41) is 2.48. The molecule has 0 unspecified atom stereocenters. The van der Waals surface area contributed by atoms with Crippen molar-refractivity contribution in [3.63, 3.8) is 0 Å². The van der Waals surface area contributed by atoms with Crippen molar-refractivity contribution in [1.82, 2.24) is 5.32 Å². The molecule has 164 valence electrons. The number of carbonyl (C=O) groups excluding carboxylic acids is 3. The second kappa shape index (κ2) is 9.64. The standard InChI is InChI=1S/C24H27NO6/c1-14(2)16-5-7-18(19(9-16)15(3)4)20(26)12-29-23(27)11-25-24(28)17-6-8-21-22(10-17)31-13-30-21/h5-10,14-15H,11-13H2,1-4H3,(H,25,28). The van der Waals surface area contributed by atoms with Gasteiger partial charge >= 0.3 is 5.97 Å². The van der Waals surface area contributed by atoms with E-state index in [2.05, 4.69) is 19.2 Å². The number of ether oxygens (including phenoxy) is 3. The van der Waals surface area contributed by atoms with E-state index in [1.54, 1.807) is 24.3 Å². The fraction of sp³-hybridized carbons (Fsp3) is 0.375. The zero-order chi connectivity index (χ0) is 22.5. The summed E-state index contributed by atoms with van der Waals surface area (Å²) in [6.45, 7) is 7.63. The van der Waals surface area contributed by atoms with Gasteiger partial charge in [0.15, 0.2) is 18.1 Å². The number of ketones is 1. The van der Waals surface area contributed by atoms with Crippen LogP contribution < -0.4 is 14.8 Å². The van der Waals surface area contributed by atoms with Gasteiger partial charge in [0, 0.05) is 11.1 Å². The van der Waals surface area contributed by atoms with E-state index in [4.69, 9.17) is 14.2 Å². The summed E-state index contributed by atoms with van der Waals surface area (Å²) in [5.41, 5.74) is 2.98. The lowest BCUT2D eigenvalue weighted by Gasteiger charge is -2.16. The van der Waals surface area contributed by atoms with Crippen LogP contribution in [0.1, 0.15) is 71.4 Å². The second-order valence-electron chi connectivity index (χ2n) is 7.99. The highest BCUT2D eigenvalue weighted by molar-refractivity contribution is 6.00. The van der Waals surface area contributed by atoms with Gasteiger partial charge in [-0.3, -0.25) is 14.4 Å². The number of fused-ring (bicyclic) bond motifs is 1. The summed E-state index contributed by atoms with van der Waals surface area (Å²) in [6.07, 6.45) is 0. The van der Waals surface area contributed by atoms with E-state index in [9.17, 15) is 14.4 Å². The number of Topliss-reactive ketones (excluding diaryl/α,β-unsaturated/α-hetero) is 1. The van der Waals surface area contributed by atoms with Crippen molar-refractivity contribution in [3.05, 3.63) is 58.7 Å². The highest BCUT2D eigenvalue weighted by Crippen LogP contribution is 2.32. The summed E-state index contributed by atoms with van der Waals surface area (Å²) < 4.78 is 15.5. The third kappa shape index (κ3) is 5.42. The van der Waals surface area contributed by atoms with Gasteiger partial charge in [-0.25, -0.2) is 0 Å². The molecule has 1 aliphatic heterocycles. The Morgan fingerprint density at radius 1 is 0.968 bits per heavy atom. The van der Waals surface area contributed by atoms with Crippen molar-refractivity contribution >= 4 is 17.7 Å². The highest BCUT2D eigenvalue weighted by Gasteiger charge is 2.19. The van der Waals surface area contributed by atoms with Gasteiger partial charge in [-0.1, -0.05) is 45.9 Å². The summed E-state index contributed by atoms with van der Waals surface area (Å²) in [6, 6.07) is 10.5. The second-order valence-corrected chi connectivity index (χ2v) is 7.99. The van der Waals surface area contributed by atoms with Crippen LogP contribution in [0.3, 0.4) is 0 Å². The lowest BCUT2D eigenvalue weighted by atomic mass is 9.90. The normalized spacial score (nSPS) is 12.2. The fourth-order valence-electron chi connectivity index (χ4n) is 3.24. The molecule has 7 nitrogen and oxygen atoms in total. The predicted octanol–water partition coefficient (Wildman–Crippen LogP) is 3.82. The third-order valence-electron chi connectivity index (χ3n) is 5.06. The van der Waals surface area contributed by atoms with Crippen molar-refractivity contribution in [2.45, 2.75) is 39.5 Å². The molecule has 3 rings (SSSR count). The van der Waals surface area contributed by atoms with E-state index < -0.39 is 11.9 Å². The van der Waals surface area contributed by atoms with E-state index >= 15 is 0 Å². The minimum atomic E-state index is -0.688. The molecule has 0 fully saturated rings. The van der Waals surface area contributed by atoms with Crippen molar-refractivity contribution in [1.29, 1.82) is 0 Å². The largest absolute Gasteiger partial charge is 0.456 e. The molecule has 0 radical (unpaired) electrons. The number of carbonyl (C=O) groups is 3. The molecule has 0 saturated heterocycles. The first kappa shape index (κ1) is 22.3. The Kier molecular flexibility index (Phi) is 6.95. The average molecular weight is 425 g/mol. The van der Waals surface area contributed by atoms with Gasteiger partial charge in [0.2, 0.25) is 12.6 Å². The van der Waals surface area contributed by atoms with Gasteiger partial charge in [0.1, 0.15) is 6.54 Å². The maximum atomic E-state index is 12.6. The number of hydrogen-bond donors (Lipinski definition) is 1. The van der Waals surface area contributed by atoms with E-state index in [1.807, 2.05) is 26.0 Å². The molecule has 7 heteroatoms. The van der Waals surface area contributed by atoms with Crippen molar-refractivity contribution in [3.8, 4) is 11.5 Å². The average Bonchev–Trinajstić information content (AvgIpc) is 3.23. The lowest BCUT2D eigenvalue weighted by molar-refractivity contribution is -0.141. The summed E-state index contributed by atoms with van der Waals surface area (Å²) >= 11 is 0. The molecule has 1 N–H and O–H groups in total. The number of rotatable bonds is 8. The highest BCUT2D eigenvalue weighted by atomic mass is 16.7. The van der Waals surface area contributed by atoms with Gasteiger partial charge < -0.3 is 19.5 Å². The molecule has 0 atom stereocenters. The Labute approximate surface area is 181 Å². The molecule has 1 aliphatic rings. The molecule has 0 spiro atoms. The van der Waals surface area contributed by atoms with Crippen LogP contribution >= 0.6 is 0 Å². The molecule has 1 amide bonds.